The summed E-state index contributed by atoms with van der Waals surface area (Å²) in [5.41, 5.74) is 8.73. The molecule has 0 spiro atoms. The van der Waals surface area contributed by atoms with Crippen LogP contribution in [-0.2, 0) is 54.2 Å². The van der Waals surface area contributed by atoms with Gasteiger partial charge in [-0.3, -0.25) is 9.59 Å². The van der Waals surface area contributed by atoms with Gasteiger partial charge in [-0.25, -0.2) is 9.97 Å². The molecule has 4 bridgehead atoms. The number of rotatable bonds is 23. The molecule has 2 unspecified atom stereocenters. The zero-order chi connectivity index (χ0) is 54.4. The standard InChI is InChI=1S/C64H86N8O8/c73-60(74)32-48(39-77-57-16-7-28-69(36-57)27-5-12-51-19-17-44-10-3-25-65-62(44)67-51)47-9-2-15-54(31-47)72-43-64(24-23-56(72)42-80-64)50-34-59(37-70(35-50)29-6-13-52-20-18-45-11-4-26-66-63(45)68-52)78-40-49(33-61(75)76)46-8-1-14-53(30-46)71-38-58-22-21-55(71)41-79-58/h1-2,8-9,14-15,17-20,30-31,48-50,55-59H,3-7,10-13,16,21-29,32-43H2,(H,65,67)(H,66,68)(H,73,74)(H,75,76)/t48-,49+,50?,55?,56-,57+,58-,59+,64-/m0/s1. The van der Waals surface area contributed by atoms with Crippen molar-refractivity contribution in [3.8, 4) is 0 Å². The van der Waals surface area contributed by atoms with E-state index in [1.54, 1.807) is 0 Å². The van der Waals surface area contributed by atoms with Crippen LogP contribution in [0.25, 0.3) is 0 Å². The first-order valence-electron chi connectivity index (χ1n) is 30.7. The molecule has 8 saturated heterocycles. The molecule has 14 rings (SSSR count). The van der Waals surface area contributed by atoms with Gasteiger partial charge in [0.25, 0.3) is 0 Å². The van der Waals surface area contributed by atoms with Crippen molar-refractivity contribution >= 4 is 34.9 Å². The van der Waals surface area contributed by atoms with Crippen molar-refractivity contribution in [1.29, 1.82) is 0 Å². The number of carboxylic acids is 2. The van der Waals surface area contributed by atoms with Crippen molar-refractivity contribution in [3.63, 3.8) is 0 Å². The third-order valence-corrected chi connectivity index (χ3v) is 19.2. The van der Waals surface area contributed by atoms with E-state index >= 15 is 0 Å². The number of hydrogen-bond acceptors (Lipinski definition) is 14. The molecular formula is C64H86N8O8. The molecule has 8 fully saturated rings. The Morgan fingerprint density at radius 3 is 1.90 bits per heavy atom. The average Bonchev–Trinajstić information content (AvgIpc) is 3.53. The number of aliphatic carboxylic acids is 2. The second-order valence-corrected chi connectivity index (χ2v) is 24.7. The molecule has 4 aromatic rings. The fourth-order valence-corrected chi connectivity index (χ4v) is 14.8. The first kappa shape index (κ1) is 55.2. The third-order valence-electron chi connectivity index (χ3n) is 19.2. The summed E-state index contributed by atoms with van der Waals surface area (Å²) in [5, 5.41) is 27.5. The second-order valence-electron chi connectivity index (χ2n) is 24.7. The van der Waals surface area contributed by atoms with Crippen LogP contribution in [0.2, 0.25) is 0 Å². The van der Waals surface area contributed by atoms with Gasteiger partial charge in [0.1, 0.15) is 11.6 Å². The molecule has 4 N–H and O–H groups in total. The van der Waals surface area contributed by atoms with Crippen LogP contribution in [0.1, 0.15) is 129 Å². The van der Waals surface area contributed by atoms with Crippen LogP contribution in [-0.4, -0.2) is 170 Å². The molecule has 2 aromatic heterocycles. The Kier molecular flexibility index (Phi) is 17.5. The van der Waals surface area contributed by atoms with Gasteiger partial charge >= 0.3 is 11.9 Å². The zero-order valence-electron chi connectivity index (χ0n) is 47.0. The summed E-state index contributed by atoms with van der Waals surface area (Å²) in [6, 6.07) is 26.6. The Labute approximate surface area is 473 Å². The van der Waals surface area contributed by atoms with Crippen molar-refractivity contribution in [2.45, 2.75) is 157 Å². The van der Waals surface area contributed by atoms with Crippen molar-refractivity contribution in [2.24, 2.45) is 5.92 Å². The molecule has 16 nitrogen and oxygen atoms in total. The predicted octanol–water partition coefficient (Wildman–Crippen LogP) is 8.57. The number of anilines is 4. The Bertz CT molecular complexity index is 2750. The van der Waals surface area contributed by atoms with Gasteiger partial charge in [0.15, 0.2) is 0 Å². The van der Waals surface area contributed by atoms with Crippen LogP contribution in [0.5, 0.6) is 0 Å². The lowest BCUT2D eigenvalue weighted by atomic mass is 9.72. The molecule has 0 saturated carbocycles. The van der Waals surface area contributed by atoms with Gasteiger partial charge in [0.2, 0.25) is 0 Å². The lowest BCUT2D eigenvalue weighted by Crippen LogP contribution is -2.67. The minimum absolute atomic E-state index is 0.00439. The molecule has 12 heterocycles. The lowest BCUT2D eigenvalue weighted by Gasteiger charge is -2.58. The first-order chi connectivity index (χ1) is 39.1. The fourth-order valence-electron chi connectivity index (χ4n) is 14.8. The van der Waals surface area contributed by atoms with Crippen molar-refractivity contribution in [2.75, 3.05) is 112 Å². The number of nitrogens with zero attached hydrogens (tertiary/aromatic N) is 6. The summed E-state index contributed by atoms with van der Waals surface area (Å²) >= 11 is 0. The van der Waals surface area contributed by atoms with E-state index in [9.17, 15) is 19.8 Å². The summed E-state index contributed by atoms with van der Waals surface area (Å²) in [6.45, 7) is 11.1. The number of hydrogen-bond donors (Lipinski definition) is 4. The quantitative estimate of drug-likeness (QED) is 0.0556. The molecule has 10 aliphatic rings. The third kappa shape index (κ3) is 13.3. The summed E-state index contributed by atoms with van der Waals surface area (Å²) < 4.78 is 26.8. The molecule has 10 aliphatic heterocycles. The largest absolute Gasteiger partial charge is 0.481 e. The van der Waals surface area contributed by atoms with E-state index in [-0.39, 0.29) is 54.9 Å². The van der Waals surface area contributed by atoms with E-state index in [2.05, 4.69) is 103 Å². The number of fused-ring (bicyclic) bond motifs is 8. The molecule has 16 heteroatoms. The highest BCUT2D eigenvalue weighted by Gasteiger charge is 2.52. The number of nitrogens with one attached hydrogen (secondary N) is 2. The molecule has 80 heavy (non-hydrogen) atoms. The van der Waals surface area contributed by atoms with Crippen molar-refractivity contribution < 1.29 is 38.7 Å². The molecule has 0 aliphatic carbocycles. The van der Waals surface area contributed by atoms with Crippen LogP contribution in [0.3, 0.4) is 0 Å². The number of carboxylic acid groups (broad SMARTS) is 2. The maximum absolute atomic E-state index is 12.5. The van der Waals surface area contributed by atoms with Crippen molar-refractivity contribution in [3.05, 3.63) is 106 Å². The van der Waals surface area contributed by atoms with E-state index in [4.69, 9.17) is 28.9 Å². The SMILES string of the molecule is O=C(O)C[C@@H](CO[C@@H]1CCCN(CCCc2ccc3c(n2)NCCC3)C1)c1cccc(N2C[C@]3(C4C[C@@H](OC[C@@H](CC(=O)O)c5cccc(N6C[C@@H]7CCC6CO7)c5)CN(CCCc5ccc6c(n5)NCCC6)C4)CC[C@H]2CO3)c1. The number of aryl methyl sites for hydroxylation is 4. The highest BCUT2D eigenvalue weighted by atomic mass is 16.5. The number of carbonyl (C=O) groups is 2. The van der Waals surface area contributed by atoms with Crippen LogP contribution in [0.4, 0.5) is 23.0 Å². The van der Waals surface area contributed by atoms with Gasteiger partial charge in [-0.15, -0.1) is 0 Å². The van der Waals surface area contributed by atoms with Gasteiger partial charge in [0, 0.05) is 86.3 Å². The van der Waals surface area contributed by atoms with Gasteiger partial charge in [-0.2, -0.15) is 0 Å². The molecular weight excluding hydrogens is 1010 g/mol. The minimum Gasteiger partial charge on any atom is -0.481 e. The normalized spacial score (nSPS) is 27.4. The van der Waals surface area contributed by atoms with Gasteiger partial charge < -0.3 is 59.4 Å². The number of likely N-dealkylation sites (tertiary alicyclic amines) is 2. The number of morpholine rings is 2. The number of ether oxygens (including phenoxy) is 4. The lowest BCUT2D eigenvalue weighted by molar-refractivity contribution is -0.168. The Balaban J connectivity index is 0.715. The smallest absolute Gasteiger partial charge is 0.304 e. The number of pyridine rings is 2. The summed E-state index contributed by atoms with van der Waals surface area (Å²) in [5.74, 6) is 0.0569. The molecule has 0 radical (unpaired) electrons. The second kappa shape index (κ2) is 25.4. The monoisotopic (exact) mass is 1090 g/mol. The first-order valence-corrected chi connectivity index (χ1v) is 30.7. The van der Waals surface area contributed by atoms with E-state index in [1.807, 2.05) is 0 Å². The van der Waals surface area contributed by atoms with E-state index < -0.39 is 17.5 Å². The van der Waals surface area contributed by atoms with Crippen molar-refractivity contribution in [1.82, 2.24) is 19.8 Å². The fraction of sp³-hybridized carbons (Fsp3) is 0.625. The Morgan fingerprint density at radius 1 is 0.675 bits per heavy atom. The summed E-state index contributed by atoms with van der Waals surface area (Å²) in [4.78, 5) is 45.1. The van der Waals surface area contributed by atoms with Gasteiger partial charge in [-0.1, -0.05) is 36.4 Å². The van der Waals surface area contributed by atoms with Gasteiger partial charge in [-0.05, 0) is 175 Å². The van der Waals surface area contributed by atoms with E-state index in [0.29, 0.717) is 25.9 Å². The number of benzene rings is 2. The van der Waals surface area contributed by atoms with Crippen LogP contribution in [0, 0.1) is 5.92 Å². The molecule has 0 amide bonds. The zero-order valence-corrected chi connectivity index (χ0v) is 47.0. The highest BCUT2D eigenvalue weighted by molar-refractivity contribution is 5.69. The number of piperidine rings is 4. The maximum atomic E-state index is 12.5. The van der Waals surface area contributed by atoms with Crippen LogP contribution >= 0.6 is 0 Å². The maximum Gasteiger partial charge on any atom is 0.304 e. The molecule has 2 aromatic carbocycles. The molecule has 430 valence electrons. The van der Waals surface area contributed by atoms with E-state index in [1.165, 1.54) is 11.1 Å². The summed E-state index contributed by atoms with van der Waals surface area (Å²) in [7, 11) is 0. The highest BCUT2D eigenvalue weighted by Crippen LogP contribution is 2.46. The van der Waals surface area contributed by atoms with Crippen LogP contribution in [0.15, 0.2) is 72.8 Å². The summed E-state index contributed by atoms with van der Waals surface area (Å²) in [6.07, 6.45) is 15.6. The Hall–Kier alpha value is -5.36. The van der Waals surface area contributed by atoms with Crippen LogP contribution < -0.4 is 20.4 Å². The Morgan fingerprint density at radius 2 is 1.30 bits per heavy atom. The van der Waals surface area contributed by atoms with E-state index in [0.717, 1.165) is 214 Å². The minimum atomic E-state index is -0.823. The number of aromatic nitrogens is 2. The van der Waals surface area contributed by atoms with Gasteiger partial charge in [0.05, 0.1) is 75.3 Å². The predicted molar refractivity (Wildman–Crippen MR) is 310 cm³/mol. The topological polar surface area (TPSA) is 174 Å². The average molecular weight is 1100 g/mol. The molecule has 9 atom stereocenters.